The van der Waals surface area contributed by atoms with Gasteiger partial charge in [-0.05, 0) is 69.1 Å². The first-order chi connectivity index (χ1) is 25.7. The molecule has 0 amide bonds. The van der Waals surface area contributed by atoms with E-state index in [1.807, 2.05) is 40.9 Å². The molecule has 0 atom stereocenters. The van der Waals surface area contributed by atoms with E-state index in [1.54, 1.807) is 0 Å². The van der Waals surface area contributed by atoms with Gasteiger partial charge in [0.25, 0.3) is 0 Å². The Bertz CT molecular complexity index is 3190. The van der Waals surface area contributed by atoms with Crippen molar-refractivity contribution in [3.63, 3.8) is 0 Å². The highest BCUT2D eigenvalue weighted by Gasteiger charge is 2.19. The summed E-state index contributed by atoms with van der Waals surface area (Å²) in [5.41, 5.74) is 5.42. The van der Waals surface area contributed by atoms with Crippen molar-refractivity contribution >= 4 is 84.6 Å². The molecule has 0 saturated carbocycles. The molecule has 0 radical (unpaired) electrons. The van der Waals surface area contributed by atoms with Crippen LogP contribution in [0.3, 0.4) is 0 Å². The number of fused-ring (bicyclic) bond motifs is 8. The first-order valence-electron chi connectivity index (χ1n) is 17.3. The highest BCUT2D eigenvalue weighted by Crippen LogP contribution is 2.45. The minimum absolute atomic E-state index is 0.661. The van der Waals surface area contributed by atoms with Gasteiger partial charge >= 0.3 is 0 Å². The lowest BCUT2D eigenvalue weighted by molar-refractivity contribution is 1.08. The van der Waals surface area contributed by atoms with Crippen LogP contribution in [0.25, 0.3) is 107 Å². The maximum Gasteiger partial charge on any atom is 0.164 e. The minimum atomic E-state index is 0.661. The number of thiophene rings is 2. The molecule has 52 heavy (non-hydrogen) atoms. The van der Waals surface area contributed by atoms with Gasteiger partial charge in [0.05, 0.1) is 0 Å². The van der Waals surface area contributed by atoms with Crippen molar-refractivity contribution in [2.24, 2.45) is 0 Å². The third kappa shape index (κ3) is 4.67. The molecule has 0 saturated heterocycles. The van der Waals surface area contributed by atoms with Crippen molar-refractivity contribution in [1.29, 1.82) is 0 Å². The molecule has 3 aromatic heterocycles. The summed E-state index contributed by atoms with van der Waals surface area (Å²) >= 11 is 3.69. The molecule has 3 nitrogen and oxygen atoms in total. The van der Waals surface area contributed by atoms with Crippen LogP contribution in [0.5, 0.6) is 0 Å². The second kappa shape index (κ2) is 11.6. The molecule has 8 aromatic carbocycles. The summed E-state index contributed by atoms with van der Waals surface area (Å²) in [5, 5.41) is 9.83. The van der Waals surface area contributed by atoms with Crippen LogP contribution >= 0.6 is 22.7 Å². The fourth-order valence-corrected chi connectivity index (χ4v) is 9.96. The predicted octanol–water partition coefficient (Wildman–Crippen LogP) is 13.6. The average Bonchev–Trinajstić information content (AvgIpc) is 3.77. The van der Waals surface area contributed by atoms with E-state index < -0.39 is 0 Å². The lowest BCUT2D eigenvalue weighted by Crippen LogP contribution is -2.00. The Balaban J connectivity index is 1.15. The maximum atomic E-state index is 5.24. The van der Waals surface area contributed by atoms with Crippen LogP contribution in [0.15, 0.2) is 164 Å². The zero-order chi connectivity index (χ0) is 34.2. The molecule has 11 aromatic rings. The number of hydrogen-bond acceptors (Lipinski definition) is 5. The summed E-state index contributed by atoms with van der Waals surface area (Å²) < 4.78 is 5.07. The molecule has 3 heterocycles. The average molecular weight is 698 g/mol. The lowest BCUT2D eigenvalue weighted by atomic mass is 9.96. The summed E-state index contributed by atoms with van der Waals surface area (Å²) in [6.45, 7) is 0. The Morgan fingerprint density at radius 1 is 0.308 bits per heavy atom. The Labute approximate surface area is 307 Å². The fourth-order valence-electron chi connectivity index (χ4n) is 7.69. The number of nitrogens with zero attached hydrogens (tertiary/aromatic N) is 3. The van der Waals surface area contributed by atoms with Gasteiger partial charge in [-0.25, -0.2) is 15.0 Å². The molecule has 11 rings (SSSR count). The lowest BCUT2D eigenvalue weighted by Gasteiger charge is -2.11. The fraction of sp³-hybridized carbons (Fsp3) is 0. The van der Waals surface area contributed by atoms with Crippen LogP contribution in [0.2, 0.25) is 0 Å². The zero-order valence-electron chi connectivity index (χ0n) is 27.7. The zero-order valence-corrected chi connectivity index (χ0v) is 29.4. The quantitative estimate of drug-likeness (QED) is 0.184. The summed E-state index contributed by atoms with van der Waals surface area (Å²) in [6.07, 6.45) is 0. The van der Waals surface area contributed by atoms with Crippen LogP contribution < -0.4 is 0 Å². The number of rotatable bonds is 4. The highest BCUT2D eigenvalue weighted by molar-refractivity contribution is 7.26. The second-order valence-corrected chi connectivity index (χ2v) is 15.3. The van der Waals surface area contributed by atoms with Crippen molar-refractivity contribution in [3.8, 4) is 45.3 Å². The SMILES string of the molecule is c1ccc(-c2nc(-c3cccc4ccccc34)nc(-c3cccc4sc5ccc(-c6cccc7sc8cc9ccccc9cc8c67)cc5c34)n2)cc1. The van der Waals surface area contributed by atoms with E-state index >= 15 is 0 Å². The van der Waals surface area contributed by atoms with Crippen LogP contribution in [0, 0.1) is 0 Å². The Morgan fingerprint density at radius 2 is 0.885 bits per heavy atom. The smallest absolute Gasteiger partial charge is 0.164 e. The van der Waals surface area contributed by atoms with Gasteiger partial charge in [-0.15, -0.1) is 22.7 Å². The molecule has 0 aliphatic heterocycles. The summed E-state index contributed by atoms with van der Waals surface area (Å²) in [7, 11) is 0. The van der Waals surface area contributed by atoms with E-state index in [2.05, 4.69) is 146 Å². The van der Waals surface area contributed by atoms with Gasteiger partial charge in [0, 0.05) is 57.0 Å². The van der Waals surface area contributed by atoms with Crippen molar-refractivity contribution in [1.82, 2.24) is 15.0 Å². The molecule has 242 valence electrons. The van der Waals surface area contributed by atoms with Gasteiger partial charge < -0.3 is 0 Å². The van der Waals surface area contributed by atoms with E-state index in [-0.39, 0.29) is 0 Å². The monoisotopic (exact) mass is 697 g/mol. The van der Waals surface area contributed by atoms with E-state index in [1.165, 1.54) is 62.2 Å². The van der Waals surface area contributed by atoms with Crippen LogP contribution in [0.4, 0.5) is 0 Å². The Kier molecular flexibility index (Phi) is 6.59. The third-order valence-electron chi connectivity index (χ3n) is 10.1. The molecule has 0 aliphatic carbocycles. The summed E-state index contributed by atoms with van der Waals surface area (Å²) in [6, 6.07) is 58.5. The molecule has 0 aliphatic rings. The minimum Gasteiger partial charge on any atom is -0.208 e. The first kappa shape index (κ1) is 29.5. The van der Waals surface area contributed by atoms with Crippen LogP contribution in [0.1, 0.15) is 0 Å². The van der Waals surface area contributed by atoms with Gasteiger partial charge in [0.2, 0.25) is 0 Å². The predicted molar refractivity (Wildman–Crippen MR) is 222 cm³/mol. The van der Waals surface area contributed by atoms with Crippen molar-refractivity contribution in [2.75, 3.05) is 0 Å². The number of hydrogen-bond donors (Lipinski definition) is 0. The molecular weight excluding hydrogens is 671 g/mol. The van der Waals surface area contributed by atoms with Crippen molar-refractivity contribution < 1.29 is 0 Å². The standard InChI is InChI=1S/C47H27N3S2/c1-2-12-29(13-3-1)45-48-46(35-19-8-16-28-11-6-7-17-33(28)35)50-47(49-45)36-20-10-22-41-44(36)37-26-32(23-24-39(37)51-41)34-18-9-21-40-43(34)38-25-30-14-4-5-15-31(30)27-42(38)52-40/h1-27H. The topological polar surface area (TPSA) is 38.7 Å². The Hall–Kier alpha value is -6.27. The molecule has 0 bridgehead atoms. The largest absolute Gasteiger partial charge is 0.208 e. The van der Waals surface area contributed by atoms with Gasteiger partial charge in [0.15, 0.2) is 17.5 Å². The summed E-state index contributed by atoms with van der Waals surface area (Å²) in [4.78, 5) is 15.5. The Morgan fingerprint density at radius 3 is 1.71 bits per heavy atom. The van der Waals surface area contributed by atoms with Crippen molar-refractivity contribution in [3.05, 3.63) is 164 Å². The molecule has 0 unspecified atom stereocenters. The normalized spacial score (nSPS) is 11.8. The molecule has 0 spiro atoms. The van der Waals surface area contributed by atoms with E-state index in [0.29, 0.717) is 17.5 Å². The first-order valence-corrected chi connectivity index (χ1v) is 19.0. The molecule has 0 N–H and O–H groups in total. The van der Waals surface area contributed by atoms with Gasteiger partial charge in [-0.3, -0.25) is 0 Å². The maximum absolute atomic E-state index is 5.24. The van der Waals surface area contributed by atoms with E-state index in [4.69, 9.17) is 15.0 Å². The molecular formula is C47H27N3S2. The van der Waals surface area contributed by atoms with E-state index in [0.717, 1.165) is 27.5 Å². The van der Waals surface area contributed by atoms with Crippen LogP contribution in [-0.2, 0) is 0 Å². The molecule has 5 heteroatoms. The molecule has 0 fully saturated rings. The van der Waals surface area contributed by atoms with Gasteiger partial charge in [0.1, 0.15) is 0 Å². The van der Waals surface area contributed by atoms with Gasteiger partial charge in [-0.2, -0.15) is 0 Å². The van der Waals surface area contributed by atoms with Crippen molar-refractivity contribution in [2.45, 2.75) is 0 Å². The number of aromatic nitrogens is 3. The summed E-state index contributed by atoms with van der Waals surface area (Å²) in [5.74, 6) is 2.00. The highest BCUT2D eigenvalue weighted by atomic mass is 32.1. The van der Waals surface area contributed by atoms with Crippen LogP contribution in [-0.4, -0.2) is 15.0 Å². The van der Waals surface area contributed by atoms with E-state index in [9.17, 15) is 0 Å². The second-order valence-electron chi connectivity index (χ2n) is 13.2. The third-order valence-corrected chi connectivity index (χ3v) is 12.4. The number of benzene rings is 8. The van der Waals surface area contributed by atoms with Gasteiger partial charge in [-0.1, -0.05) is 127 Å².